The number of sulfonamides is 1. The van der Waals surface area contributed by atoms with Crippen molar-refractivity contribution in [2.45, 2.75) is 54.9 Å². The van der Waals surface area contributed by atoms with Crippen LogP contribution in [0.4, 0.5) is 15.8 Å². The number of hydrogen-bond donors (Lipinski definition) is 1. The van der Waals surface area contributed by atoms with Crippen LogP contribution in [0.25, 0.3) is 0 Å². The van der Waals surface area contributed by atoms with Gasteiger partial charge in [-0.2, -0.15) is 0 Å². The van der Waals surface area contributed by atoms with Crippen LogP contribution < -0.4 is 9.62 Å². The van der Waals surface area contributed by atoms with Crippen molar-refractivity contribution in [1.82, 2.24) is 4.90 Å². The van der Waals surface area contributed by atoms with Gasteiger partial charge in [0.1, 0.15) is 5.82 Å². The fourth-order valence-electron chi connectivity index (χ4n) is 6.50. The van der Waals surface area contributed by atoms with Crippen LogP contribution in [0, 0.1) is 11.7 Å². The number of sulfone groups is 1. The lowest BCUT2D eigenvalue weighted by molar-refractivity contribution is -0.130. The zero-order valence-electron chi connectivity index (χ0n) is 24.4. The van der Waals surface area contributed by atoms with E-state index in [0.29, 0.717) is 42.9 Å². The molecule has 43 heavy (non-hydrogen) atoms. The van der Waals surface area contributed by atoms with Crippen LogP contribution in [0.15, 0.2) is 76.5 Å². The number of rotatable bonds is 6. The number of carbonyl (C=O) groups is 2. The normalized spacial score (nSPS) is 18.1. The number of likely N-dealkylation sites (tertiary alicyclic amines) is 1. The SMILES string of the molecule is CC(=O)N1CCC2(CC1)c1cc(C(=O)Nc3cccc(S(C)(=O)=O)c3)ccc1N(S(=O)(=O)c1ccc(F)cc1)C2C(C)C. The third-order valence-electron chi connectivity index (χ3n) is 8.47. The molecule has 228 valence electrons. The molecular weight excluding hydrogens is 593 g/mol. The van der Waals surface area contributed by atoms with E-state index >= 15 is 0 Å². The zero-order valence-corrected chi connectivity index (χ0v) is 26.0. The maximum atomic E-state index is 14.2. The van der Waals surface area contributed by atoms with Gasteiger partial charge >= 0.3 is 0 Å². The lowest BCUT2D eigenvalue weighted by Gasteiger charge is -2.46. The highest BCUT2D eigenvalue weighted by molar-refractivity contribution is 7.93. The van der Waals surface area contributed by atoms with Crippen molar-refractivity contribution in [3.8, 4) is 0 Å². The summed E-state index contributed by atoms with van der Waals surface area (Å²) in [5.74, 6) is -1.24. The first-order chi connectivity index (χ1) is 20.1. The minimum atomic E-state index is -4.14. The van der Waals surface area contributed by atoms with Gasteiger partial charge in [-0.1, -0.05) is 19.9 Å². The summed E-state index contributed by atoms with van der Waals surface area (Å²) in [4.78, 5) is 27.4. The van der Waals surface area contributed by atoms with Crippen LogP contribution in [-0.4, -0.2) is 58.9 Å². The maximum absolute atomic E-state index is 14.2. The third kappa shape index (κ3) is 5.53. The Kier molecular flexibility index (Phi) is 7.89. The van der Waals surface area contributed by atoms with E-state index in [0.717, 1.165) is 18.4 Å². The highest BCUT2D eigenvalue weighted by Crippen LogP contribution is 2.55. The molecule has 9 nitrogen and oxygen atoms in total. The molecule has 5 rings (SSSR count). The molecule has 1 atom stereocenters. The lowest BCUT2D eigenvalue weighted by atomic mass is 9.66. The number of piperidine rings is 1. The number of hydrogen-bond acceptors (Lipinski definition) is 6. The number of halogens is 1. The number of amides is 2. The molecule has 3 aromatic carbocycles. The zero-order chi connectivity index (χ0) is 31.3. The Morgan fingerprint density at radius 2 is 1.58 bits per heavy atom. The van der Waals surface area contributed by atoms with Crippen molar-refractivity contribution in [3.05, 3.63) is 83.7 Å². The molecule has 1 saturated heterocycles. The first-order valence-electron chi connectivity index (χ1n) is 14.0. The van der Waals surface area contributed by atoms with Gasteiger partial charge in [0.25, 0.3) is 15.9 Å². The number of anilines is 2. The highest BCUT2D eigenvalue weighted by atomic mass is 32.2. The molecule has 2 heterocycles. The van der Waals surface area contributed by atoms with Crippen molar-refractivity contribution >= 4 is 43.0 Å². The molecule has 0 saturated carbocycles. The van der Waals surface area contributed by atoms with Crippen molar-refractivity contribution in [2.75, 3.05) is 29.0 Å². The molecule has 12 heteroatoms. The first-order valence-corrected chi connectivity index (χ1v) is 17.3. The predicted molar refractivity (Wildman–Crippen MR) is 162 cm³/mol. The van der Waals surface area contributed by atoms with Crippen LogP contribution in [-0.2, 0) is 30.1 Å². The van der Waals surface area contributed by atoms with Crippen molar-refractivity contribution in [1.29, 1.82) is 0 Å². The molecule has 3 aromatic rings. The summed E-state index contributed by atoms with van der Waals surface area (Å²) in [7, 11) is -7.63. The fourth-order valence-corrected chi connectivity index (χ4v) is 9.04. The summed E-state index contributed by atoms with van der Waals surface area (Å²) in [6, 6.07) is 15.0. The molecular formula is C31H34FN3O6S2. The van der Waals surface area contributed by atoms with E-state index in [2.05, 4.69) is 5.32 Å². The highest BCUT2D eigenvalue weighted by Gasteiger charge is 2.56. The molecule has 1 unspecified atom stereocenters. The summed E-state index contributed by atoms with van der Waals surface area (Å²) in [6.45, 7) is 6.26. The molecule has 2 aliphatic rings. The van der Waals surface area contributed by atoms with Crippen LogP contribution in [0.3, 0.4) is 0 Å². The van der Waals surface area contributed by atoms with Crippen molar-refractivity contribution in [3.63, 3.8) is 0 Å². The number of carbonyl (C=O) groups excluding carboxylic acids is 2. The van der Waals surface area contributed by atoms with Crippen molar-refractivity contribution < 1.29 is 30.8 Å². The summed E-state index contributed by atoms with van der Waals surface area (Å²) in [6.07, 6.45) is 2.06. The van der Waals surface area contributed by atoms with Gasteiger partial charge in [0.05, 0.1) is 21.5 Å². The minimum absolute atomic E-state index is 0.0451. The second kappa shape index (κ2) is 11.1. The summed E-state index contributed by atoms with van der Waals surface area (Å²) in [5, 5.41) is 2.76. The monoisotopic (exact) mass is 627 g/mol. The minimum Gasteiger partial charge on any atom is -0.343 e. The van der Waals surface area contributed by atoms with Gasteiger partial charge in [0, 0.05) is 42.9 Å². The van der Waals surface area contributed by atoms with E-state index in [1.165, 1.54) is 41.6 Å². The average molecular weight is 628 g/mol. The van der Waals surface area contributed by atoms with Crippen LogP contribution >= 0.6 is 0 Å². The van der Waals surface area contributed by atoms with E-state index in [4.69, 9.17) is 0 Å². The Morgan fingerprint density at radius 3 is 2.16 bits per heavy atom. The third-order valence-corrected chi connectivity index (χ3v) is 11.4. The van der Waals surface area contributed by atoms with Gasteiger partial charge in [-0.15, -0.1) is 0 Å². The van der Waals surface area contributed by atoms with E-state index in [1.807, 2.05) is 13.8 Å². The molecule has 2 amide bonds. The van der Waals surface area contributed by atoms with E-state index < -0.39 is 43.0 Å². The Morgan fingerprint density at radius 1 is 0.930 bits per heavy atom. The van der Waals surface area contributed by atoms with Crippen LogP contribution in [0.5, 0.6) is 0 Å². The maximum Gasteiger partial charge on any atom is 0.264 e. The second-order valence-corrected chi connectivity index (χ2v) is 15.4. The standard InChI is InChI=1S/C31H34FN3O6S2/c1-20(2)29-31(14-16-34(17-15-31)21(3)36)27-18-22(30(37)33-24-6-5-7-26(19-24)42(4,38)39)8-13-28(27)35(29)43(40,41)25-11-9-23(32)10-12-25/h5-13,18-20,29H,14-17H2,1-4H3,(H,33,37). The van der Waals surface area contributed by atoms with Gasteiger partial charge in [-0.25, -0.2) is 21.2 Å². The molecule has 2 aliphatic heterocycles. The number of nitrogens with one attached hydrogen (secondary N) is 1. The topological polar surface area (TPSA) is 121 Å². The second-order valence-electron chi connectivity index (χ2n) is 11.6. The van der Waals surface area contributed by atoms with E-state index in [-0.39, 0.29) is 27.2 Å². The predicted octanol–water partition coefficient (Wildman–Crippen LogP) is 4.60. The fraction of sp³-hybridized carbons (Fsp3) is 0.355. The molecule has 0 aromatic heterocycles. The van der Waals surface area contributed by atoms with Gasteiger partial charge < -0.3 is 10.2 Å². The summed E-state index contributed by atoms with van der Waals surface area (Å²) < 4.78 is 67.6. The van der Waals surface area contributed by atoms with Gasteiger partial charge in [-0.05, 0) is 85.0 Å². The number of nitrogens with zero attached hydrogens (tertiary/aromatic N) is 2. The van der Waals surface area contributed by atoms with Crippen LogP contribution in [0.2, 0.25) is 0 Å². The Balaban J connectivity index is 1.62. The molecule has 0 aliphatic carbocycles. The molecule has 0 bridgehead atoms. The average Bonchev–Trinajstić information content (AvgIpc) is 3.23. The van der Waals surface area contributed by atoms with Gasteiger partial charge in [0.15, 0.2) is 9.84 Å². The number of benzene rings is 3. The lowest BCUT2D eigenvalue weighted by Crippen LogP contribution is -2.55. The molecule has 1 fully saturated rings. The summed E-state index contributed by atoms with van der Waals surface area (Å²) >= 11 is 0. The van der Waals surface area contributed by atoms with Gasteiger partial charge in [-0.3, -0.25) is 13.9 Å². The Bertz CT molecular complexity index is 1800. The van der Waals surface area contributed by atoms with E-state index in [9.17, 15) is 30.8 Å². The molecule has 1 N–H and O–H groups in total. The van der Waals surface area contributed by atoms with Crippen molar-refractivity contribution in [2.24, 2.45) is 5.92 Å². The Hall–Kier alpha value is -3.77. The first kappa shape index (κ1) is 30.7. The number of fused-ring (bicyclic) bond motifs is 2. The Labute approximate surface area is 251 Å². The van der Waals surface area contributed by atoms with E-state index in [1.54, 1.807) is 29.2 Å². The molecule has 0 radical (unpaired) electrons. The smallest absolute Gasteiger partial charge is 0.264 e. The largest absolute Gasteiger partial charge is 0.343 e. The quantitative estimate of drug-likeness (QED) is 0.427. The summed E-state index contributed by atoms with van der Waals surface area (Å²) in [5.41, 5.74) is 1.01. The van der Waals surface area contributed by atoms with Crippen LogP contribution in [0.1, 0.15) is 49.5 Å². The molecule has 1 spiro atoms. The van der Waals surface area contributed by atoms with Gasteiger partial charge in [0.2, 0.25) is 5.91 Å².